The van der Waals surface area contributed by atoms with E-state index in [-0.39, 0.29) is 4.90 Å². The molecule has 116 valence electrons. The molecule has 0 bridgehead atoms. The van der Waals surface area contributed by atoms with E-state index >= 15 is 0 Å². The average molecular weight is 341 g/mol. The van der Waals surface area contributed by atoms with Gasteiger partial charge < -0.3 is 10.6 Å². The molecule has 2 aromatic carbocycles. The largest absolute Gasteiger partial charge is 0.334 e. The van der Waals surface area contributed by atoms with Gasteiger partial charge in [0.25, 0.3) is 10.1 Å². The predicted molar refractivity (Wildman–Crippen MR) is 83.6 cm³/mol. The van der Waals surface area contributed by atoms with Gasteiger partial charge in [-0.15, -0.1) is 0 Å². The molecule has 0 saturated carbocycles. The van der Waals surface area contributed by atoms with Crippen LogP contribution in [0.5, 0.6) is 0 Å². The van der Waals surface area contributed by atoms with Crippen molar-refractivity contribution in [1.29, 1.82) is 0 Å². The number of halogens is 1. The maximum absolute atomic E-state index is 11.7. The third-order valence-electron chi connectivity index (χ3n) is 2.75. The van der Waals surface area contributed by atoms with Gasteiger partial charge in [0, 0.05) is 17.3 Å². The maximum atomic E-state index is 11.7. The molecule has 0 aliphatic rings. The van der Waals surface area contributed by atoms with E-state index in [1.165, 1.54) is 24.3 Å². The van der Waals surface area contributed by atoms with Crippen LogP contribution in [-0.2, 0) is 16.7 Å². The SMILES string of the molecule is O=C(NCc1cccc(Cl)c1)Nc1ccc(S(=O)(=O)O)cc1. The molecular formula is C14H13ClN2O4S. The van der Waals surface area contributed by atoms with E-state index in [9.17, 15) is 13.2 Å². The zero-order valence-corrected chi connectivity index (χ0v) is 12.9. The second-order valence-electron chi connectivity index (χ2n) is 4.44. The first kappa shape index (κ1) is 16.3. The fourth-order valence-electron chi connectivity index (χ4n) is 1.71. The lowest BCUT2D eigenvalue weighted by Crippen LogP contribution is -2.28. The number of carbonyl (C=O) groups excluding carboxylic acids is 1. The summed E-state index contributed by atoms with van der Waals surface area (Å²) in [5.74, 6) is 0. The van der Waals surface area contributed by atoms with E-state index in [0.29, 0.717) is 17.3 Å². The quantitative estimate of drug-likeness (QED) is 0.746. The second kappa shape index (κ2) is 6.78. The molecule has 3 N–H and O–H groups in total. The summed E-state index contributed by atoms with van der Waals surface area (Å²) >= 11 is 5.84. The van der Waals surface area contributed by atoms with Crippen molar-refractivity contribution in [2.45, 2.75) is 11.4 Å². The number of benzene rings is 2. The third kappa shape index (κ3) is 4.73. The summed E-state index contributed by atoms with van der Waals surface area (Å²) in [5.41, 5.74) is 1.25. The summed E-state index contributed by atoms with van der Waals surface area (Å²) in [6.45, 7) is 0.301. The molecule has 0 aliphatic heterocycles. The van der Waals surface area contributed by atoms with Gasteiger partial charge in [-0.25, -0.2) is 4.79 Å². The number of rotatable bonds is 4. The monoisotopic (exact) mass is 340 g/mol. The molecule has 0 heterocycles. The number of hydrogen-bond acceptors (Lipinski definition) is 3. The fraction of sp³-hybridized carbons (Fsp3) is 0.0714. The molecule has 0 radical (unpaired) electrons. The van der Waals surface area contributed by atoms with Gasteiger partial charge in [0.15, 0.2) is 0 Å². The standard InChI is InChI=1S/C14H13ClN2O4S/c15-11-3-1-2-10(8-11)9-16-14(18)17-12-4-6-13(7-5-12)22(19,20)21/h1-8H,9H2,(H2,16,17,18)(H,19,20,21). The first-order chi connectivity index (χ1) is 10.3. The van der Waals surface area contributed by atoms with Crippen molar-refractivity contribution in [1.82, 2.24) is 5.32 Å². The molecule has 0 atom stereocenters. The van der Waals surface area contributed by atoms with Crippen molar-refractivity contribution in [3.05, 3.63) is 59.1 Å². The van der Waals surface area contributed by atoms with Gasteiger partial charge in [0.05, 0.1) is 4.90 Å². The topological polar surface area (TPSA) is 95.5 Å². The lowest BCUT2D eigenvalue weighted by Gasteiger charge is -2.08. The van der Waals surface area contributed by atoms with Crippen LogP contribution in [0.15, 0.2) is 53.4 Å². The van der Waals surface area contributed by atoms with Crippen LogP contribution in [0, 0.1) is 0 Å². The molecule has 2 rings (SSSR count). The second-order valence-corrected chi connectivity index (χ2v) is 6.30. The van der Waals surface area contributed by atoms with Crippen LogP contribution in [0.3, 0.4) is 0 Å². The van der Waals surface area contributed by atoms with Gasteiger partial charge in [-0.2, -0.15) is 8.42 Å². The highest BCUT2D eigenvalue weighted by atomic mass is 35.5. The number of amides is 2. The number of urea groups is 1. The highest BCUT2D eigenvalue weighted by Gasteiger charge is 2.09. The van der Waals surface area contributed by atoms with Gasteiger partial charge in [-0.05, 0) is 42.0 Å². The molecule has 6 nitrogen and oxygen atoms in total. The smallest absolute Gasteiger partial charge is 0.319 e. The van der Waals surface area contributed by atoms with Crippen molar-refractivity contribution >= 4 is 33.4 Å². The lowest BCUT2D eigenvalue weighted by atomic mass is 10.2. The number of anilines is 1. The van der Waals surface area contributed by atoms with Gasteiger partial charge in [-0.1, -0.05) is 23.7 Å². The first-order valence-electron chi connectivity index (χ1n) is 6.21. The van der Waals surface area contributed by atoms with E-state index in [1.54, 1.807) is 18.2 Å². The van der Waals surface area contributed by atoms with E-state index < -0.39 is 16.1 Å². The highest BCUT2D eigenvalue weighted by molar-refractivity contribution is 7.85. The Morgan fingerprint density at radius 3 is 2.41 bits per heavy atom. The van der Waals surface area contributed by atoms with Crippen LogP contribution in [0.25, 0.3) is 0 Å². The van der Waals surface area contributed by atoms with Crippen molar-refractivity contribution in [2.24, 2.45) is 0 Å². The van der Waals surface area contributed by atoms with Crippen LogP contribution in [0.2, 0.25) is 5.02 Å². The zero-order chi connectivity index (χ0) is 16.2. The van der Waals surface area contributed by atoms with Crippen molar-refractivity contribution in [3.63, 3.8) is 0 Å². The number of nitrogens with one attached hydrogen (secondary N) is 2. The van der Waals surface area contributed by atoms with E-state index in [1.807, 2.05) is 6.07 Å². The van der Waals surface area contributed by atoms with E-state index in [2.05, 4.69) is 10.6 Å². The Balaban J connectivity index is 1.92. The van der Waals surface area contributed by atoms with Crippen LogP contribution >= 0.6 is 11.6 Å². The summed E-state index contributed by atoms with van der Waals surface area (Å²) in [6, 6.07) is 11.8. The molecule has 2 aromatic rings. The number of hydrogen-bond donors (Lipinski definition) is 3. The molecular weight excluding hydrogens is 328 g/mol. The summed E-state index contributed by atoms with van der Waals surface area (Å²) in [5, 5.41) is 5.77. The van der Waals surface area contributed by atoms with E-state index in [4.69, 9.17) is 16.2 Å². The Morgan fingerprint density at radius 2 is 1.82 bits per heavy atom. The minimum atomic E-state index is -4.24. The van der Waals surface area contributed by atoms with Crippen LogP contribution in [-0.4, -0.2) is 19.0 Å². The number of carbonyl (C=O) groups is 1. The summed E-state index contributed by atoms with van der Waals surface area (Å²) in [6.07, 6.45) is 0. The van der Waals surface area contributed by atoms with Crippen molar-refractivity contribution < 1.29 is 17.8 Å². The molecule has 0 saturated heterocycles. The van der Waals surface area contributed by atoms with Crippen molar-refractivity contribution in [3.8, 4) is 0 Å². The van der Waals surface area contributed by atoms with Crippen LogP contribution < -0.4 is 10.6 Å². The van der Waals surface area contributed by atoms with E-state index in [0.717, 1.165) is 5.56 Å². The lowest BCUT2D eigenvalue weighted by molar-refractivity contribution is 0.251. The summed E-state index contributed by atoms with van der Waals surface area (Å²) in [7, 11) is -4.24. The molecule has 2 amide bonds. The highest BCUT2D eigenvalue weighted by Crippen LogP contribution is 2.14. The normalized spacial score (nSPS) is 11.0. The van der Waals surface area contributed by atoms with Crippen LogP contribution in [0.1, 0.15) is 5.56 Å². The first-order valence-corrected chi connectivity index (χ1v) is 8.03. The Hall–Kier alpha value is -2.09. The van der Waals surface area contributed by atoms with Gasteiger partial charge >= 0.3 is 6.03 Å². The molecule has 8 heteroatoms. The minimum absolute atomic E-state index is 0.239. The molecule has 0 aromatic heterocycles. The zero-order valence-electron chi connectivity index (χ0n) is 11.3. The molecule has 0 fully saturated rings. The minimum Gasteiger partial charge on any atom is -0.334 e. The van der Waals surface area contributed by atoms with Gasteiger partial charge in [0.2, 0.25) is 0 Å². The Morgan fingerprint density at radius 1 is 1.14 bits per heavy atom. The molecule has 0 unspecified atom stereocenters. The fourth-order valence-corrected chi connectivity index (χ4v) is 2.41. The summed E-state index contributed by atoms with van der Waals surface area (Å²) < 4.78 is 30.7. The van der Waals surface area contributed by atoms with Gasteiger partial charge in [-0.3, -0.25) is 4.55 Å². The van der Waals surface area contributed by atoms with Crippen molar-refractivity contribution in [2.75, 3.05) is 5.32 Å². The average Bonchev–Trinajstić information content (AvgIpc) is 2.45. The Kier molecular flexibility index (Phi) is 5.02. The molecule has 22 heavy (non-hydrogen) atoms. The Labute approximate surface area is 132 Å². The predicted octanol–water partition coefficient (Wildman–Crippen LogP) is 2.91. The molecule has 0 spiro atoms. The third-order valence-corrected chi connectivity index (χ3v) is 3.86. The maximum Gasteiger partial charge on any atom is 0.319 e. The Bertz CT molecular complexity index is 776. The van der Waals surface area contributed by atoms with Crippen LogP contribution in [0.4, 0.5) is 10.5 Å². The van der Waals surface area contributed by atoms with Gasteiger partial charge in [0.1, 0.15) is 0 Å². The summed E-state index contributed by atoms with van der Waals surface area (Å²) in [4.78, 5) is 11.5. The molecule has 0 aliphatic carbocycles.